The van der Waals surface area contributed by atoms with E-state index in [1.54, 1.807) is 37.3 Å². The molecule has 0 unspecified atom stereocenters. The van der Waals surface area contributed by atoms with E-state index < -0.39 is 36.5 Å². The number of hydrogen-bond donors (Lipinski definition) is 1. The van der Waals surface area contributed by atoms with Gasteiger partial charge in [-0.2, -0.15) is 0 Å². The molecule has 0 aromatic heterocycles. The topological polar surface area (TPSA) is 82.1 Å². The van der Waals surface area contributed by atoms with Crippen LogP contribution >= 0.6 is 0 Å². The molecular weight excluding hydrogens is 264 g/mol. The number of rotatable bonds is 3. The molecule has 0 saturated carbocycles. The van der Waals surface area contributed by atoms with Crippen LogP contribution in [0.15, 0.2) is 30.3 Å². The third-order valence-corrected chi connectivity index (χ3v) is 2.98. The van der Waals surface area contributed by atoms with Crippen LogP contribution in [0.25, 0.3) is 0 Å². The summed E-state index contributed by atoms with van der Waals surface area (Å²) < 4.78 is 15.4. The minimum atomic E-state index is -1.30. The molecule has 0 aliphatic carbocycles. The normalized spacial score (nSPS) is 28.9. The lowest BCUT2D eigenvalue weighted by Crippen LogP contribution is -2.39. The van der Waals surface area contributed by atoms with E-state index >= 15 is 0 Å². The van der Waals surface area contributed by atoms with Crippen LogP contribution in [0.2, 0.25) is 0 Å². The zero-order valence-electron chi connectivity index (χ0n) is 11.2. The molecule has 4 atom stereocenters. The van der Waals surface area contributed by atoms with Gasteiger partial charge in [-0.1, -0.05) is 18.2 Å². The Kier molecular flexibility index (Phi) is 4.36. The smallest absolute Gasteiger partial charge is 0.338 e. The summed E-state index contributed by atoms with van der Waals surface area (Å²) in [5.41, 5.74) is 0.377. The Balaban J connectivity index is 2.09. The molecule has 0 radical (unpaired) electrons. The van der Waals surface area contributed by atoms with Gasteiger partial charge in [0.2, 0.25) is 0 Å². The highest BCUT2D eigenvalue weighted by Gasteiger charge is 2.46. The standard InChI is InChI=1S/C14H16O6/c1-8-11(12(14(17)18-8)19-9(2)15)20-13(16)10-6-4-3-5-7-10/h3-8,11-12,14,17H,1-2H3/t8-,11-,12+,14-/m1/s1. The predicted octanol–water partition coefficient (Wildman–Crippen LogP) is 0.881. The summed E-state index contributed by atoms with van der Waals surface area (Å²) >= 11 is 0. The minimum absolute atomic E-state index is 0.377. The van der Waals surface area contributed by atoms with Crippen molar-refractivity contribution in [2.75, 3.05) is 0 Å². The number of carbonyl (C=O) groups excluding carboxylic acids is 2. The molecule has 1 aromatic carbocycles. The van der Waals surface area contributed by atoms with Crippen molar-refractivity contribution in [3.63, 3.8) is 0 Å². The van der Waals surface area contributed by atoms with Gasteiger partial charge in [-0.25, -0.2) is 4.79 Å². The summed E-state index contributed by atoms with van der Waals surface area (Å²) in [5.74, 6) is -1.13. The van der Waals surface area contributed by atoms with E-state index in [9.17, 15) is 14.7 Å². The van der Waals surface area contributed by atoms with Crippen molar-refractivity contribution in [3.8, 4) is 0 Å². The van der Waals surface area contributed by atoms with E-state index in [1.165, 1.54) is 6.92 Å². The van der Waals surface area contributed by atoms with Crippen molar-refractivity contribution in [1.82, 2.24) is 0 Å². The van der Waals surface area contributed by atoms with E-state index in [2.05, 4.69) is 0 Å². The monoisotopic (exact) mass is 280 g/mol. The van der Waals surface area contributed by atoms with Crippen LogP contribution in [0.3, 0.4) is 0 Å². The Morgan fingerprint density at radius 2 is 1.80 bits per heavy atom. The molecule has 0 spiro atoms. The van der Waals surface area contributed by atoms with Gasteiger partial charge in [-0.15, -0.1) is 0 Å². The van der Waals surface area contributed by atoms with E-state index in [4.69, 9.17) is 14.2 Å². The first-order chi connectivity index (χ1) is 9.49. The second-order valence-electron chi connectivity index (χ2n) is 4.54. The van der Waals surface area contributed by atoms with E-state index in [0.29, 0.717) is 5.56 Å². The highest BCUT2D eigenvalue weighted by atomic mass is 16.7. The summed E-state index contributed by atoms with van der Waals surface area (Å²) in [7, 11) is 0. The largest absolute Gasteiger partial charge is 0.453 e. The molecule has 1 aliphatic rings. The van der Waals surface area contributed by atoms with Crippen LogP contribution in [-0.2, 0) is 19.0 Å². The number of carbonyl (C=O) groups is 2. The van der Waals surface area contributed by atoms with Gasteiger partial charge in [0.25, 0.3) is 0 Å². The van der Waals surface area contributed by atoms with Crippen molar-refractivity contribution in [2.45, 2.75) is 38.4 Å². The number of ether oxygens (including phenoxy) is 3. The summed E-state index contributed by atoms with van der Waals surface area (Å²) in [5, 5.41) is 9.67. The quantitative estimate of drug-likeness (QED) is 0.828. The van der Waals surface area contributed by atoms with Gasteiger partial charge in [-0.05, 0) is 19.1 Å². The first-order valence-electron chi connectivity index (χ1n) is 6.26. The summed E-state index contributed by atoms with van der Waals surface area (Å²) in [4.78, 5) is 23.0. The average Bonchev–Trinajstić information content (AvgIpc) is 2.66. The van der Waals surface area contributed by atoms with Crippen LogP contribution in [-0.4, -0.2) is 41.6 Å². The molecule has 1 fully saturated rings. The molecule has 6 heteroatoms. The van der Waals surface area contributed by atoms with Crippen molar-refractivity contribution >= 4 is 11.9 Å². The van der Waals surface area contributed by atoms with Crippen LogP contribution in [0.1, 0.15) is 24.2 Å². The van der Waals surface area contributed by atoms with E-state index in [-0.39, 0.29) is 0 Å². The molecule has 108 valence electrons. The summed E-state index contributed by atoms with van der Waals surface area (Å²) in [6, 6.07) is 8.43. The fourth-order valence-electron chi connectivity index (χ4n) is 2.05. The maximum Gasteiger partial charge on any atom is 0.338 e. The number of esters is 2. The lowest BCUT2D eigenvalue weighted by Gasteiger charge is -2.21. The maximum atomic E-state index is 12.0. The zero-order chi connectivity index (χ0) is 14.7. The van der Waals surface area contributed by atoms with Gasteiger partial charge in [0.1, 0.15) is 0 Å². The van der Waals surface area contributed by atoms with Crippen molar-refractivity contribution in [1.29, 1.82) is 0 Å². The molecule has 1 heterocycles. The first kappa shape index (κ1) is 14.5. The van der Waals surface area contributed by atoms with E-state index in [1.807, 2.05) is 0 Å². The van der Waals surface area contributed by atoms with Crippen LogP contribution in [0.5, 0.6) is 0 Å². The number of benzene rings is 1. The van der Waals surface area contributed by atoms with E-state index in [0.717, 1.165) is 0 Å². The lowest BCUT2D eigenvalue weighted by molar-refractivity contribution is -0.169. The van der Waals surface area contributed by atoms with Crippen LogP contribution < -0.4 is 0 Å². The third-order valence-electron chi connectivity index (χ3n) is 2.98. The van der Waals surface area contributed by atoms with Crippen LogP contribution in [0, 0.1) is 0 Å². The number of hydrogen-bond acceptors (Lipinski definition) is 6. The second-order valence-corrected chi connectivity index (χ2v) is 4.54. The highest BCUT2D eigenvalue weighted by Crippen LogP contribution is 2.26. The Labute approximate surface area is 116 Å². The molecule has 2 rings (SSSR count). The fourth-order valence-corrected chi connectivity index (χ4v) is 2.05. The summed E-state index contributed by atoms with van der Waals surface area (Å²) in [6.07, 6.45) is -3.73. The molecule has 0 bridgehead atoms. The zero-order valence-corrected chi connectivity index (χ0v) is 11.2. The SMILES string of the molecule is CC(=O)O[C@H]1[C@H](OC(=O)c2ccccc2)[C@@H](C)O[C@H]1O. The van der Waals surface area contributed by atoms with Crippen molar-refractivity contribution in [3.05, 3.63) is 35.9 Å². The molecule has 6 nitrogen and oxygen atoms in total. The Bertz CT molecular complexity index is 486. The van der Waals surface area contributed by atoms with Gasteiger partial charge >= 0.3 is 11.9 Å². The molecule has 1 saturated heterocycles. The molecule has 0 amide bonds. The van der Waals surface area contributed by atoms with Crippen LogP contribution in [0.4, 0.5) is 0 Å². The summed E-state index contributed by atoms with van der Waals surface area (Å²) in [6.45, 7) is 2.85. The maximum absolute atomic E-state index is 12.0. The van der Waals surface area contributed by atoms with Crippen molar-refractivity contribution < 1.29 is 28.9 Å². The van der Waals surface area contributed by atoms with Gasteiger partial charge < -0.3 is 19.3 Å². The Morgan fingerprint density at radius 3 is 2.40 bits per heavy atom. The second kappa shape index (κ2) is 6.02. The minimum Gasteiger partial charge on any atom is -0.453 e. The molecular formula is C14H16O6. The number of aliphatic hydroxyl groups excluding tert-OH is 1. The predicted molar refractivity (Wildman–Crippen MR) is 67.8 cm³/mol. The Hall–Kier alpha value is -1.92. The fraction of sp³-hybridized carbons (Fsp3) is 0.429. The Morgan fingerprint density at radius 1 is 1.15 bits per heavy atom. The molecule has 1 N–H and O–H groups in total. The lowest BCUT2D eigenvalue weighted by atomic mass is 10.1. The van der Waals surface area contributed by atoms with Gasteiger partial charge in [0.05, 0.1) is 11.7 Å². The number of aliphatic hydroxyl groups is 1. The first-order valence-corrected chi connectivity index (χ1v) is 6.26. The molecule has 20 heavy (non-hydrogen) atoms. The van der Waals surface area contributed by atoms with Gasteiger partial charge in [0, 0.05) is 6.92 Å². The molecule has 1 aliphatic heterocycles. The van der Waals surface area contributed by atoms with Gasteiger partial charge in [-0.3, -0.25) is 4.79 Å². The molecule has 1 aromatic rings. The van der Waals surface area contributed by atoms with Gasteiger partial charge in [0.15, 0.2) is 18.5 Å². The average molecular weight is 280 g/mol. The highest BCUT2D eigenvalue weighted by molar-refractivity contribution is 5.89. The van der Waals surface area contributed by atoms with Crippen molar-refractivity contribution in [2.24, 2.45) is 0 Å². The third kappa shape index (κ3) is 3.15.